The second-order valence-electron chi connectivity index (χ2n) is 6.96. The summed E-state index contributed by atoms with van der Waals surface area (Å²) in [5, 5.41) is 2.95. The summed E-state index contributed by atoms with van der Waals surface area (Å²) in [6.45, 7) is 5.95. The molecule has 1 amide bonds. The molecule has 0 aliphatic rings. The number of nitrogens with one attached hydrogen (secondary N) is 1. The first-order valence-electron chi connectivity index (χ1n) is 9.05. The Morgan fingerprint density at radius 3 is 2.00 bits per heavy atom. The van der Waals surface area contributed by atoms with Gasteiger partial charge in [0, 0.05) is 6.54 Å². The number of sulfonamides is 1. The lowest BCUT2D eigenvalue weighted by molar-refractivity contribution is -0.122. The zero-order valence-electron chi connectivity index (χ0n) is 16.4. The maximum Gasteiger partial charge on any atom is 0.235 e. The Kier molecular flexibility index (Phi) is 7.16. The predicted molar refractivity (Wildman–Crippen MR) is 109 cm³/mol. The molecule has 0 spiro atoms. The minimum atomic E-state index is -3.51. The van der Waals surface area contributed by atoms with Crippen molar-refractivity contribution in [3.8, 4) is 0 Å². The predicted octanol–water partition coefficient (Wildman–Crippen LogP) is 3.33. The minimum Gasteiger partial charge on any atom is -0.348 e. The fraction of sp³-hybridized carbons (Fsp3) is 0.381. The van der Waals surface area contributed by atoms with Crippen LogP contribution in [0, 0.1) is 13.8 Å². The summed E-state index contributed by atoms with van der Waals surface area (Å²) in [5.74, 6) is -0.306. The van der Waals surface area contributed by atoms with Crippen molar-refractivity contribution in [2.75, 3.05) is 12.8 Å². The third-order valence-corrected chi connectivity index (χ3v) is 5.69. The van der Waals surface area contributed by atoms with Crippen molar-refractivity contribution >= 4 is 15.9 Å². The maximum absolute atomic E-state index is 12.5. The number of rotatable bonds is 8. The lowest BCUT2D eigenvalue weighted by Gasteiger charge is -2.22. The van der Waals surface area contributed by atoms with Gasteiger partial charge in [0.2, 0.25) is 15.9 Å². The molecule has 0 saturated heterocycles. The molecule has 2 rings (SSSR count). The van der Waals surface area contributed by atoms with Gasteiger partial charge >= 0.3 is 0 Å². The van der Waals surface area contributed by atoms with E-state index in [-0.39, 0.29) is 25.0 Å². The highest BCUT2D eigenvalue weighted by atomic mass is 32.2. The first-order valence-corrected chi connectivity index (χ1v) is 10.9. The lowest BCUT2D eigenvalue weighted by atomic mass is 10.0. The number of hydrogen-bond donors (Lipinski definition) is 1. The summed E-state index contributed by atoms with van der Waals surface area (Å²) in [5.41, 5.74) is 4.12. The highest BCUT2D eigenvalue weighted by Gasteiger charge is 2.22. The van der Waals surface area contributed by atoms with Gasteiger partial charge in [-0.3, -0.25) is 4.79 Å². The molecule has 2 aromatic carbocycles. The van der Waals surface area contributed by atoms with Gasteiger partial charge in [-0.25, -0.2) is 8.42 Å². The van der Waals surface area contributed by atoms with Crippen LogP contribution in [-0.4, -0.2) is 31.4 Å². The normalized spacial score (nSPS) is 12.8. The summed E-state index contributed by atoms with van der Waals surface area (Å²) in [6.07, 6.45) is 1.86. The number of carbonyl (C=O) groups excluding carboxylic acids is 1. The molecule has 6 heteroatoms. The molecule has 27 heavy (non-hydrogen) atoms. The van der Waals surface area contributed by atoms with Crippen molar-refractivity contribution in [2.24, 2.45) is 0 Å². The molecule has 0 aliphatic heterocycles. The molecule has 0 fully saturated rings. The van der Waals surface area contributed by atoms with Gasteiger partial charge in [-0.15, -0.1) is 0 Å². The first kappa shape index (κ1) is 21.1. The van der Waals surface area contributed by atoms with Crippen molar-refractivity contribution in [1.29, 1.82) is 0 Å². The monoisotopic (exact) mass is 388 g/mol. The number of aryl methyl sites for hydroxylation is 2. The molecule has 1 N–H and O–H groups in total. The van der Waals surface area contributed by atoms with Gasteiger partial charge < -0.3 is 5.32 Å². The Morgan fingerprint density at radius 1 is 1.00 bits per heavy atom. The molecule has 0 unspecified atom stereocenters. The molecular weight excluding hydrogens is 360 g/mol. The van der Waals surface area contributed by atoms with Crippen molar-refractivity contribution in [3.63, 3.8) is 0 Å². The molecule has 0 bridgehead atoms. The molecule has 0 aliphatic carbocycles. The summed E-state index contributed by atoms with van der Waals surface area (Å²) in [6, 6.07) is 15.5. The van der Waals surface area contributed by atoms with Gasteiger partial charge in [-0.2, -0.15) is 4.31 Å². The van der Waals surface area contributed by atoms with Crippen LogP contribution in [0.2, 0.25) is 0 Å². The fourth-order valence-corrected chi connectivity index (χ4v) is 3.54. The van der Waals surface area contributed by atoms with E-state index in [4.69, 9.17) is 0 Å². The van der Waals surface area contributed by atoms with Gasteiger partial charge in [0.25, 0.3) is 0 Å². The van der Waals surface area contributed by atoms with Crippen LogP contribution in [0.4, 0.5) is 0 Å². The Morgan fingerprint density at radius 2 is 1.52 bits per heavy atom. The van der Waals surface area contributed by atoms with E-state index in [0.29, 0.717) is 0 Å². The van der Waals surface area contributed by atoms with E-state index in [1.165, 1.54) is 4.31 Å². The van der Waals surface area contributed by atoms with Gasteiger partial charge in [0.15, 0.2) is 0 Å². The largest absolute Gasteiger partial charge is 0.348 e. The Balaban J connectivity index is 2.08. The average Bonchev–Trinajstić information content (AvgIpc) is 2.61. The number of benzene rings is 2. The first-order chi connectivity index (χ1) is 12.7. The van der Waals surface area contributed by atoms with E-state index in [1.807, 2.05) is 69.3 Å². The van der Waals surface area contributed by atoms with Gasteiger partial charge in [-0.1, -0.05) is 66.6 Å². The van der Waals surface area contributed by atoms with Crippen molar-refractivity contribution < 1.29 is 13.2 Å². The van der Waals surface area contributed by atoms with Crippen molar-refractivity contribution in [3.05, 3.63) is 70.8 Å². The van der Waals surface area contributed by atoms with Crippen LogP contribution in [0.15, 0.2) is 48.5 Å². The molecule has 0 radical (unpaired) electrons. The summed E-state index contributed by atoms with van der Waals surface area (Å²) in [7, 11) is -3.51. The van der Waals surface area contributed by atoms with Crippen LogP contribution in [0.1, 0.15) is 41.6 Å². The summed E-state index contributed by atoms with van der Waals surface area (Å²) < 4.78 is 25.5. The SMILES string of the molecule is CC[C@@H](NC(=O)CN(Cc1ccc(C)cc1)S(C)(=O)=O)c1ccc(C)cc1. The quantitative estimate of drug-likeness (QED) is 0.754. The Bertz CT molecular complexity index is 859. The minimum absolute atomic E-state index is 0.140. The van der Waals surface area contributed by atoms with E-state index in [9.17, 15) is 13.2 Å². The van der Waals surface area contributed by atoms with Crippen LogP contribution in [0.25, 0.3) is 0 Å². The molecule has 0 aromatic heterocycles. The Hall–Kier alpha value is -2.18. The van der Waals surface area contributed by atoms with E-state index < -0.39 is 10.0 Å². The molecule has 1 atom stereocenters. The molecular formula is C21H28N2O3S. The summed E-state index contributed by atoms with van der Waals surface area (Å²) >= 11 is 0. The topological polar surface area (TPSA) is 66.5 Å². The third-order valence-electron chi connectivity index (χ3n) is 4.49. The van der Waals surface area contributed by atoms with E-state index >= 15 is 0 Å². The fourth-order valence-electron chi connectivity index (χ4n) is 2.81. The van der Waals surface area contributed by atoms with Gasteiger partial charge in [0.05, 0.1) is 18.8 Å². The molecule has 0 heterocycles. The van der Waals surface area contributed by atoms with E-state index in [1.54, 1.807) is 0 Å². The molecule has 2 aromatic rings. The highest BCUT2D eigenvalue weighted by molar-refractivity contribution is 7.88. The summed E-state index contributed by atoms with van der Waals surface area (Å²) in [4.78, 5) is 12.5. The molecule has 0 saturated carbocycles. The number of nitrogens with zero attached hydrogens (tertiary/aromatic N) is 1. The zero-order valence-corrected chi connectivity index (χ0v) is 17.2. The van der Waals surface area contributed by atoms with Gasteiger partial charge in [-0.05, 0) is 31.4 Å². The highest BCUT2D eigenvalue weighted by Crippen LogP contribution is 2.17. The van der Waals surface area contributed by atoms with Crippen LogP contribution < -0.4 is 5.32 Å². The number of carbonyl (C=O) groups is 1. The van der Waals surface area contributed by atoms with E-state index in [2.05, 4.69) is 5.32 Å². The standard InChI is InChI=1S/C21H28N2O3S/c1-5-20(19-12-8-17(3)9-13-19)22-21(24)15-23(27(4,25)26)14-18-10-6-16(2)7-11-18/h6-13,20H,5,14-15H2,1-4H3,(H,22,24)/t20-/m1/s1. The van der Waals surface area contributed by atoms with Crippen LogP contribution >= 0.6 is 0 Å². The van der Waals surface area contributed by atoms with E-state index in [0.717, 1.165) is 34.9 Å². The van der Waals surface area contributed by atoms with Gasteiger partial charge in [0.1, 0.15) is 0 Å². The Labute approximate surface area is 162 Å². The van der Waals surface area contributed by atoms with Crippen molar-refractivity contribution in [1.82, 2.24) is 9.62 Å². The van der Waals surface area contributed by atoms with Crippen LogP contribution in [-0.2, 0) is 21.4 Å². The second kappa shape index (κ2) is 9.15. The lowest BCUT2D eigenvalue weighted by Crippen LogP contribution is -2.41. The zero-order chi connectivity index (χ0) is 20.0. The number of hydrogen-bond acceptors (Lipinski definition) is 3. The smallest absolute Gasteiger partial charge is 0.235 e. The third kappa shape index (κ3) is 6.48. The number of amides is 1. The maximum atomic E-state index is 12.5. The van der Waals surface area contributed by atoms with Crippen LogP contribution in [0.3, 0.4) is 0 Å². The molecule has 5 nitrogen and oxygen atoms in total. The molecule has 146 valence electrons. The average molecular weight is 389 g/mol. The van der Waals surface area contributed by atoms with Crippen LogP contribution in [0.5, 0.6) is 0 Å². The van der Waals surface area contributed by atoms with Crippen molar-refractivity contribution in [2.45, 2.75) is 39.8 Å². The second-order valence-corrected chi connectivity index (χ2v) is 8.94.